The third kappa shape index (κ3) is 2.50. The van der Waals surface area contributed by atoms with Crippen LogP contribution in [0.1, 0.15) is 39.5 Å². The largest absolute Gasteiger partial charge is 0.481 e. The smallest absolute Gasteiger partial charge is 0.303 e. The van der Waals surface area contributed by atoms with E-state index in [4.69, 9.17) is 5.11 Å². The Balaban J connectivity index is 2.39. The Morgan fingerprint density at radius 2 is 2.08 bits per heavy atom. The highest BCUT2D eigenvalue weighted by Crippen LogP contribution is 2.35. The molecular weight excluding hydrogens is 152 g/mol. The average Bonchev–Trinajstić information content (AvgIpc) is 1.94. The Labute approximate surface area is 74.0 Å². The molecular formula is C10H18O2. The first-order valence-corrected chi connectivity index (χ1v) is 4.81. The summed E-state index contributed by atoms with van der Waals surface area (Å²) >= 11 is 0. The van der Waals surface area contributed by atoms with Crippen LogP contribution in [0.15, 0.2) is 0 Å². The minimum atomic E-state index is -0.638. The van der Waals surface area contributed by atoms with E-state index in [0.29, 0.717) is 18.3 Å². The summed E-state index contributed by atoms with van der Waals surface area (Å²) in [7, 11) is 0. The molecule has 0 aromatic heterocycles. The molecule has 2 heteroatoms. The molecule has 0 saturated heterocycles. The average molecular weight is 170 g/mol. The first kappa shape index (κ1) is 9.56. The van der Waals surface area contributed by atoms with Crippen molar-refractivity contribution >= 4 is 5.97 Å². The topological polar surface area (TPSA) is 37.3 Å². The van der Waals surface area contributed by atoms with Gasteiger partial charge in [-0.2, -0.15) is 0 Å². The molecule has 1 rings (SSSR count). The summed E-state index contributed by atoms with van der Waals surface area (Å²) in [4.78, 5) is 10.5. The lowest BCUT2D eigenvalue weighted by Crippen LogP contribution is -2.23. The molecule has 0 amide bonds. The molecule has 0 heterocycles. The lowest BCUT2D eigenvalue weighted by atomic mass is 9.74. The molecule has 1 fully saturated rings. The van der Waals surface area contributed by atoms with Crippen molar-refractivity contribution in [1.29, 1.82) is 0 Å². The third-order valence-corrected chi connectivity index (χ3v) is 3.05. The zero-order valence-electron chi connectivity index (χ0n) is 7.92. The van der Waals surface area contributed by atoms with Crippen LogP contribution >= 0.6 is 0 Å². The molecule has 3 unspecified atom stereocenters. The first-order valence-electron chi connectivity index (χ1n) is 4.81. The van der Waals surface area contributed by atoms with Crippen LogP contribution < -0.4 is 0 Å². The number of carbonyl (C=O) groups is 1. The molecule has 1 N–H and O–H groups in total. The number of hydrogen-bond donors (Lipinski definition) is 1. The van der Waals surface area contributed by atoms with Crippen LogP contribution in [0.4, 0.5) is 0 Å². The fourth-order valence-electron chi connectivity index (χ4n) is 2.26. The van der Waals surface area contributed by atoms with Crippen LogP contribution in [0.3, 0.4) is 0 Å². The van der Waals surface area contributed by atoms with Crippen LogP contribution in [-0.4, -0.2) is 11.1 Å². The molecule has 0 aliphatic heterocycles. The van der Waals surface area contributed by atoms with Crippen molar-refractivity contribution in [3.8, 4) is 0 Å². The number of carboxylic acid groups (broad SMARTS) is 1. The van der Waals surface area contributed by atoms with Crippen molar-refractivity contribution in [2.24, 2.45) is 17.8 Å². The van der Waals surface area contributed by atoms with E-state index in [0.717, 1.165) is 12.3 Å². The van der Waals surface area contributed by atoms with Crippen LogP contribution in [0, 0.1) is 17.8 Å². The first-order chi connectivity index (χ1) is 5.59. The zero-order chi connectivity index (χ0) is 9.14. The molecule has 0 aromatic rings. The Hall–Kier alpha value is -0.530. The van der Waals surface area contributed by atoms with E-state index in [2.05, 4.69) is 13.8 Å². The SMILES string of the molecule is CC1CCC(CC(=O)O)C(C)C1. The molecule has 0 aromatic carbocycles. The highest BCUT2D eigenvalue weighted by atomic mass is 16.4. The molecule has 1 saturated carbocycles. The molecule has 1 aliphatic rings. The number of aliphatic carboxylic acids is 1. The van der Waals surface area contributed by atoms with Crippen molar-refractivity contribution in [1.82, 2.24) is 0 Å². The number of hydrogen-bond acceptors (Lipinski definition) is 1. The highest BCUT2D eigenvalue weighted by molar-refractivity contribution is 5.67. The Morgan fingerprint density at radius 1 is 1.42 bits per heavy atom. The summed E-state index contributed by atoms with van der Waals surface area (Å²) < 4.78 is 0. The summed E-state index contributed by atoms with van der Waals surface area (Å²) in [6, 6.07) is 0. The summed E-state index contributed by atoms with van der Waals surface area (Å²) in [6.07, 6.45) is 3.89. The fraction of sp³-hybridized carbons (Fsp3) is 0.900. The van der Waals surface area contributed by atoms with Gasteiger partial charge in [0.2, 0.25) is 0 Å². The van der Waals surface area contributed by atoms with Crippen LogP contribution in [0.5, 0.6) is 0 Å². The standard InChI is InChI=1S/C10H18O2/c1-7-3-4-9(6-10(11)12)8(2)5-7/h7-9H,3-6H2,1-2H3,(H,11,12). The van der Waals surface area contributed by atoms with Gasteiger partial charge in [0.05, 0.1) is 0 Å². The van der Waals surface area contributed by atoms with E-state index in [1.54, 1.807) is 0 Å². The molecule has 0 spiro atoms. The second-order valence-corrected chi connectivity index (χ2v) is 4.25. The normalized spacial score (nSPS) is 36.3. The Morgan fingerprint density at radius 3 is 2.58 bits per heavy atom. The Kier molecular flexibility index (Phi) is 3.12. The molecule has 0 bridgehead atoms. The van der Waals surface area contributed by atoms with Gasteiger partial charge in [0, 0.05) is 6.42 Å². The van der Waals surface area contributed by atoms with E-state index in [9.17, 15) is 4.79 Å². The van der Waals surface area contributed by atoms with Crippen molar-refractivity contribution in [2.75, 3.05) is 0 Å². The van der Waals surface area contributed by atoms with Gasteiger partial charge < -0.3 is 5.11 Å². The molecule has 70 valence electrons. The van der Waals surface area contributed by atoms with E-state index in [1.165, 1.54) is 12.8 Å². The van der Waals surface area contributed by atoms with Gasteiger partial charge in [-0.15, -0.1) is 0 Å². The molecule has 1 aliphatic carbocycles. The molecule has 0 radical (unpaired) electrons. The van der Waals surface area contributed by atoms with E-state index in [1.807, 2.05) is 0 Å². The van der Waals surface area contributed by atoms with Crippen molar-refractivity contribution in [2.45, 2.75) is 39.5 Å². The summed E-state index contributed by atoms with van der Waals surface area (Å²) in [5.74, 6) is 1.19. The van der Waals surface area contributed by atoms with Gasteiger partial charge >= 0.3 is 5.97 Å². The van der Waals surface area contributed by atoms with Gasteiger partial charge in [-0.05, 0) is 30.6 Å². The lowest BCUT2D eigenvalue weighted by Gasteiger charge is -2.31. The highest BCUT2D eigenvalue weighted by Gasteiger charge is 2.26. The van der Waals surface area contributed by atoms with E-state index >= 15 is 0 Å². The quantitative estimate of drug-likeness (QED) is 0.691. The minimum absolute atomic E-state index is 0.369. The van der Waals surface area contributed by atoms with Crippen LogP contribution in [0.2, 0.25) is 0 Å². The predicted molar refractivity (Wildman–Crippen MR) is 47.9 cm³/mol. The summed E-state index contributed by atoms with van der Waals surface area (Å²) in [5.41, 5.74) is 0. The Bertz CT molecular complexity index is 165. The van der Waals surface area contributed by atoms with Gasteiger partial charge in [-0.25, -0.2) is 0 Å². The number of rotatable bonds is 2. The monoisotopic (exact) mass is 170 g/mol. The van der Waals surface area contributed by atoms with Crippen molar-refractivity contribution in [3.05, 3.63) is 0 Å². The second kappa shape index (κ2) is 3.92. The third-order valence-electron chi connectivity index (χ3n) is 3.05. The van der Waals surface area contributed by atoms with E-state index < -0.39 is 5.97 Å². The van der Waals surface area contributed by atoms with Crippen molar-refractivity contribution in [3.63, 3.8) is 0 Å². The van der Waals surface area contributed by atoms with Gasteiger partial charge in [0.25, 0.3) is 0 Å². The molecule has 3 atom stereocenters. The van der Waals surface area contributed by atoms with Gasteiger partial charge in [0.1, 0.15) is 0 Å². The zero-order valence-corrected chi connectivity index (χ0v) is 7.92. The van der Waals surface area contributed by atoms with Crippen molar-refractivity contribution < 1.29 is 9.90 Å². The summed E-state index contributed by atoms with van der Waals surface area (Å²) in [5, 5.41) is 8.65. The molecule has 2 nitrogen and oxygen atoms in total. The van der Waals surface area contributed by atoms with Gasteiger partial charge in [0.15, 0.2) is 0 Å². The maximum Gasteiger partial charge on any atom is 0.303 e. The van der Waals surface area contributed by atoms with Crippen LogP contribution in [0.25, 0.3) is 0 Å². The fourth-order valence-corrected chi connectivity index (χ4v) is 2.26. The number of carboxylic acids is 1. The lowest BCUT2D eigenvalue weighted by molar-refractivity contribution is -0.138. The van der Waals surface area contributed by atoms with E-state index in [-0.39, 0.29) is 0 Å². The maximum atomic E-state index is 10.5. The van der Waals surface area contributed by atoms with Gasteiger partial charge in [-0.3, -0.25) is 4.79 Å². The summed E-state index contributed by atoms with van der Waals surface area (Å²) in [6.45, 7) is 4.44. The maximum absolute atomic E-state index is 10.5. The minimum Gasteiger partial charge on any atom is -0.481 e. The molecule has 12 heavy (non-hydrogen) atoms. The van der Waals surface area contributed by atoms with Crippen LogP contribution in [-0.2, 0) is 4.79 Å². The van der Waals surface area contributed by atoms with Gasteiger partial charge in [-0.1, -0.05) is 20.3 Å². The second-order valence-electron chi connectivity index (χ2n) is 4.25. The predicted octanol–water partition coefficient (Wildman–Crippen LogP) is 2.53.